The van der Waals surface area contributed by atoms with Gasteiger partial charge in [0.2, 0.25) is 0 Å². The van der Waals surface area contributed by atoms with E-state index in [1.54, 1.807) is 7.11 Å². The first-order valence-electron chi connectivity index (χ1n) is 7.50. The highest BCUT2D eigenvalue weighted by atomic mass is 16.5. The molecule has 0 heterocycles. The minimum atomic E-state index is 0.593. The second-order valence-corrected chi connectivity index (χ2v) is 6.31. The Balaban J connectivity index is 2.09. The standard InChI is InChI=1S/C17H27NO/c1-12(2)16-9-8-13(3)10-17(16)18-14-6-5-7-15(11-14)19-4/h5-7,11-13,16-18H,8-10H2,1-4H3/t13-,16+,17-/m0/s1. The van der Waals surface area contributed by atoms with Gasteiger partial charge >= 0.3 is 0 Å². The first-order valence-corrected chi connectivity index (χ1v) is 7.50. The SMILES string of the molecule is COc1cccc(N[C@H]2C[C@@H](C)CC[C@@H]2C(C)C)c1. The fourth-order valence-corrected chi connectivity index (χ4v) is 3.30. The highest BCUT2D eigenvalue weighted by molar-refractivity contribution is 5.49. The zero-order valence-electron chi connectivity index (χ0n) is 12.6. The molecule has 1 aromatic carbocycles. The number of anilines is 1. The monoisotopic (exact) mass is 261 g/mol. The van der Waals surface area contributed by atoms with Gasteiger partial charge in [0.05, 0.1) is 7.11 Å². The lowest BCUT2D eigenvalue weighted by Crippen LogP contribution is -2.37. The fraction of sp³-hybridized carbons (Fsp3) is 0.647. The maximum Gasteiger partial charge on any atom is 0.120 e. The van der Waals surface area contributed by atoms with Gasteiger partial charge in [-0.1, -0.05) is 33.3 Å². The largest absolute Gasteiger partial charge is 0.497 e. The normalized spacial score (nSPS) is 27.3. The van der Waals surface area contributed by atoms with Gasteiger partial charge in [-0.3, -0.25) is 0 Å². The van der Waals surface area contributed by atoms with Crippen LogP contribution in [0.2, 0.25) is 0 Å². The quantitative estimate of drug-likeness (QED) is 0.857. The van der Waals surface area contributed by atoms with Gasteiger partial charge in [0.1, 0.15) is 5.75 Å². The molecule has 106 valence electrons. The summed E-state index contributed by atoms with van der Waals surface area (Å²) in [7, 11) is 1.72. The zero-order chi connectivity index (χ0) is 13.8. The lowest BCUT2D eigenvalue weighted by atomic mass is 9.74. The minimum absolute atomic E-state index is 0.593. The lowest BCUT2D eigenvalue weighted by Gasteiger charge is -2.38. The van der Waals surface area contributed by atoms with E-state index >= 15 is 0 Å². The van der Waals surface area contributed by atoms with E-state index in [0.29, 0.717) is 6.04 Å². The summed E-state index contributed by atoms with van der Waals surface area (Å²) in [6.45, 7) is 7.07. The average Bonchev–Trinajstić information content (AvgIpc) is 2.38. The predicted octanol–water partition coefficient (Wildman–Crippen LogP) is 4.57. The van der Waals surface area contributed by atoms with Crippen LogP contribution in [-0.2, 0) is 0 Å². The molecule has 0 radical (unpaired) electrons. The Bertz CT molecular complexity index is 402. The molecule has 0 amide bonds. The van der Waals surface area contributed by atoms with Crippen LogP contribution in [0.4, 0.5) is 5.69 Å². The van der Waals surface area contributed by atoms with Gasteiger partial charge in [-0.2, -0.15) is 0 Å². The summed E-state index contributed by atoms with van der Waals surface area (Å²) in [6, 6.07) is 8.87. The predicted molar refractivity (Wildman–Crippen MR) is 81.7 cm³/mol. The summed E-state index contributed by atoms with van der Waals surface area (Å²) in [5, 5.41) is 3.74. The number of ether oxygens (including phenoxy) is 1. The molecule has 0 aliphatic heterocycles. The molecule has 0 aromatic heterocycles. The molecular formula is C17H27NO. The molecule has 19 heavy (non-hydrogen) atoms. The van der Waals surface area contributed by atoms with Crippen molar-refractivity contribution in [2.45, 2.75) is 46.1 Å². The highest BCUT2D eigenvalue weighted by Gasteiger charge is 2.30. The summed E-state index contributed by atoms with van der Waals surface area (Å²) < 4.78 is 5.30. The third kappa shape index (κ3) is 3.65. The van der Waals surface area contributed by atoms with Crippen molar-refractivity contribution in [3.8, 4) is 5.75 Å². The third-order valence-corrected chi connectivity index (χ3v) is 4.44. The molecule has 1 aliphatic carbocycles. The van der Waals surface area contributed by atoms with E-state index in [-0.39, 0.29) is 0 Å². The summed E-state index contributed by atoms with van der Waals surface area (Å²) in [5.74, 6) is 3.28. The maximum absolute atomic E-state index is 5.30. The van der Waals surface area contributed by atoms with E-state index in [2.05, 4.69) is 44.3 Å². The van der Waals surface area contributed by atoms with E-state index in [1.807, 2.05) is 6.07 Å². The van der Waals surface area contributed by atoms with Crippen molar-refractivity contribution in [1.82, 2.24) is 0 Å². The van der Waals surface area contributed by atoms with E-state index < -0.39 is 0 Å². The van der Waals surface area contributed by atoms with Crippen LogP contribution < -0.4 is 10.1 Å². The highest BCUT2D eigenvalue weighted by Crippen LogP contribution is 2.35. The van der Waals surface area contributed by atoms with Crippen molar-refractivity contribution in [2.75, 3.05) is 12.4 Å². The van der Waals surface area contributed by atoms with Gasteiger partial charge in [0.15, 0.2) is 0 Å². The van der Waals surface area contributed by atoms with Crippen molar-refractivity contribution in [1.29, 1.82) is 0 Å². The Morgan fingerprint density at radius 3 is 2.74 bits per heavy atom. The Morgan fingerprint density at radius 2 is 2.05 bits per heavy atom. The maximum atomic E-state index is 5.30. The smallest absolute Gasteiger partial charge is 0.120 e. The molecule has 0 saturated heterocycles. The van der Waals surface area contributed by atoms with Gasteiger partial charge in [-0.05, 0) is 42.7 Å². The molecule has 1 N–H and O–H groups in total. The first-order chi connectivity index (χ1) is 9.10. The van der Waals surface area contributed by atoms with Crippen molar-refractivity contribution in [2.24, 2.45) is 17.8 Å². The summed E-state index contributed by atoms with van der Waals surface area (Å²) >= 11 is 0. The van der Waals surface area contributed by atoms with E-state index in [0.717, 1.165) is 23.5 Å². The molecule has 2 heteroatoms. The lowest BCUT2D eigenvalue weighted by molar-refractivity contribution is 0.212. The molecule has 0 spiro atoms. The number of methoxy groups -OCH3 is 1. The molecule has 1 fully saturated rings. The van der Waals surface area contributed by atoms with Gasteiger partial charge in [-0.25, -0.2) is 0 Å². The molecular weight excluding hydrogens is 234 g/mol. The zero-order valence-corrected chi connectivity index (χ0v) is 12.6. The van der Waals surface area contributed by atoms with E-state index in [1.165, 1.54) is 24.9 Å². The van der Waals surface area contributed by atoms with Crippen LogP contribution in [0.25, 0.3) is 0 Å². The van der Waals surface area contributed by atoms with Gasteiger partial charge < -0.3 is 10.1 Å². The van der Waals surface area contributed by atoms with Crippen molar-refractivity contribution in [3.05, 3.63) is 24.3 Å². The van der Waals surface area contributed by atoms with Crippen LogP contribution in [0.1, 0.15) is 40.0 Å². The topological polar surface area (TPSA) is 21.3 Å². The Kier molecular flexibility index (Phi) is 4.73. The molecule has 3 atom stereocenters. The summed E-state index contributed by atoms with van der Waals surface area (Å²) in [5.41, 5.74) is 1.18. The van der Waals surface area contributed by atoms with Gasteiger partial charge in [0.25, 0.3) is 0 Å². The van der Waals surface area contributed by atoms with Crippen LogP contribution in [-0.4, -0.2) is 13.2 Å². The van der Waals surface area contributed by atoms with Crippen molar-refractivity contribution in [3.63, 3.8) is 0 Å². The molecule has 1 aromatic rings. The number of benzene rings is 1. The van der Waals surface area contributed by atoms with E-state index in [4.69, 9.17) is 4.74 Å². The summed E-state index contributed by atoms with van der Waals surface area (Å²) in [4.78, 5) is 0. The van der Waals surface area contributed by atoms with Crippen LogP contribution in [0.5, 0.6) is 5.75 Å². The molecule has 1 aliphatic rings. The minimum Gasteiger partial charge on any atom is -0.497 e. The second kappa shape index (κ2) is 6.31. The van der Waals surface area contributed by atoms with Crippen molar-refractivity contribution < 1.29 is 4.74 Å². The molecule has 0 unspecified atom stereocenters. The van der Waals surface area contributed by atoms with Gasteiger partial charge in [0, 0.05) is 17.8 Å². The van der Waals surface area contributed by atoms with Gasteiger partial charge in [-0.15, -0.1) is 0 Å². The Hall–Kier alpha value is -1.18. The Labute approximate surface area is 117 Å². The first kappa shape index (κ1) is 14.2. The number of hydrogen-bond acceptors (Lipinski definition) is 2. The third-order valence-electron chi connectivity index (χ3n) is 4.44. The second-order valence-electron chi connectivity index (χ2n) is 6.31. The Morgan fingerprint density at radius 1 is 1.26 bits per heavy atom. The number of rotatable bonds is 4. The van der Waals surface area contributed by atoms with Crippen LogP contribution in [0.3, 0.4) is 0 Å². The molecule has 2 rings (SSSR count). The molecule has 0 bridgehead atoms. The van der Waals surface area contributed by atoms with Crippen LogP contribution in [0, 0.1) is 17.8 Å². The van der Waals surface area contributed by atoms with E-state index in [9.17, 15) is 0 Å². The van der Waals surface area contributed by atoms with Crippen molar-refractivity contribution >= 4 is 5.69 Å². The molecule has 1 saturated carbocycles. The number of nitrogens with one attached hydrogen (secondary N) is 1. The fourth-order valence-electron chi connectivity index (χ4n) is 3.30. The molecule has 2 nitrogen and oxygen atoms in total. The van der Waals surface area contributed by atoms with Crippen LogP contribution >= 0.6 is 0 Å². The summed E-state index contributed by atoms with van der Waals surface area (Å²) in [6.07, 6.45) is 4.00. The van der Waals surface area contributed by atoms with Crippen LogP contribution in [0.15, 0.2) is 24.3 Å². The average molecular weight is 261 g/mol. The number of hydrogen-bond donors (Lipinski definition) is 1.